The fraction of sp³-hybridized carbons (Fsp3) is 0.211. The van der Waals surface area contributed by atoms with Crippen molar-refractivity contribution in [2.75, 3.05) is 12.4 Å². The minimum absolute atomic E-state index is 0.214. The Hall–Kier alpha value is -2.94. The molecular formula is C19H17F2N3O3S. The van der Waals surface area contributed by atoms with E-state index in [1.54, 1.807) is 14.0 Å². The molecule has 0 fully saturated rings. The number of amides is 1. The number of halogens is 2. The van der Waals surface area contributed by atoms with Gasteiger partial charge in [-0.3, -0.25) is 4.79 Å². The number of hydrogen-bond acceptors (Lipinski definition) is 6. The van der Waals surface area contributed by atoms with Gasteiger partial charge in [0.15, 0.2) is 0 Å². The molecule has 0 radical (unpaired) electrons. The van der Waals surface area contributed by atoms with Crippen LogP contribution < -0.4 is 10.1 Å². The van der Waals surface area contributed by atoms with Crippen LogP contribution in [0.5, 0.6) is 5.75 Å². The number of benzene rings is 2. The first-order chi connectivity index (χ1) is 13.4. The highest BCUT2D eigenvalue weighted by atomic mass is 32.2. The van der Waals surface area contributed by atoms with Crippen molar-refractivity contribution >= 4 is 23.4 Å². The van der Waals surface area contributed by atoms with Crippen LogP contribution in [0.15, 0.2) is 52.1 Å². The molecule has 0 aliphatic rings. The van der Waals surface area contributed by atoms with Crippen molar-refractivity contribution in [3.63, 3.8) is 0 Å². The number of methoxy groups -OCH3 is 1. The molecule has 6 nitrogen and oxygen atoms in total. The first-order valence-electron chi connectivity index (χ1n) is 8.32. The monoisotopic (exact) mass is 405 g/mol. The standard InChI is InChI=1S/C19H17F2N3O3S/c1-11(18(25)22-16-10-13(20)5-8-15(16)21)28-19-24-23-17(27-19)9-12-3-6-14(26-2)7-4-12/h3-8,10-11H,9H2,1-2H3,(H,22,25)/t11-/m0/s1. The molecule has 0 saturated heterocycles. The molecule has 0 saturated carbocycles. The van der Waals surface area contributed by atoms with E-state index in [4.69, 9.17) is 9.15 Å². The molecule has 1 aromatic heterocycles. The fourth-order valence-electron chi connectivity index (χ4n) is 2.31. The number of nitrogens with zero attached hydrogens (tertiary/aromatic N) is 2. The molecule has 0 aliphatic carbocycles. The number of nitrogens with one attached hydrogen (secondary N) is 1. The van der Waals surface area contributed by atoms with E-state index >= 15 is 0 Å². The first kappa shape index (κ1) is 19.8. The Morgan fingerprint density at radius 2 is 1.96 bits per heavy atom. The summed E-state index contributed by atoms with van der Waals surface area (Å²) >= 11 is 1.03. The predicted molar refractivity (Wildman–Crippen MR) is 100 cm³/mol. The summed E-state index contributed by atoms with van der Waals surface area (Å²) < 4.78 is 37.5. The lowest BCUT2D eigenvalue weighted by Gasteiger charge is -2.10. The van der Waals surface area contributed by atoms with Crippen molar-refractivity contribution in [1.29, 1.82) is 0 Å². The number of aromatic nitrogens is 2. The molecule has 28 heavy (non-hydrogen) atoms. The lowest BCUT2D eigenvalue weighted by molar-refractivity contribution is -0.115. The molecule has 146 valence electrons. The van der Waals surface area contributed by atoms with E-state index in [9.17, 15) is 13.6 Å². The van der Waals surface area contributed by atoms with E-state index in [-0.39, 0.29) is 10.9 Å². The van der Waals surface area contributed by atoms with Gasteiger partial charge in [0.25, 0.3) is 5.22 Å². The third-order valence-electron chi connectivity index (χ3n) is 3.80. The van der Waals surface area contributed by atoms with Crippen molar-refractivity contribution in [2.45, 2.75) is 23.8 Å². The SMILES string of the molecule is COc1ccc(Cc2nnc(S[C@@H](C)C(=O)Nc3cc(F)ccc3F)o2)cc1. The number of rotatable bonds is 7. The second-order valence-corrected chi connectivity index (χ2v) is 7.15. The number of carbonyl (C=O) groups is 1. The minimum Gasteiger partial charge on any atom is -0.497 e. The van der Waals surface area contributed by atoms with Crippen LogP contribution in [-0.4, -0.2) is 28.5 Å². The van der Waals surface area contributed by atoms with Gasteiger partial charge in [-0.1, -0.05) is 23.9 Å². The lowest BCUT2D eigenvalue weighted by Crippen LogP contribution is -2.23. The maximum Gasteiger partial charge on any atom is 0.277 e. The summed E-state index contributed by atoms with van der Waals surface area (Å²) in [5.74, 6) is -0.718. The highest BCUT2D eigenvalue weighted by molar-refractivity contribution is 8.00. The smallest absolute Gasteiger partial charge is 0.277 e. The number of thioether (sulfide) groups is 1. The Morgan fingerprint density at radius 3 is 2.68 bits per heavy atom. The zero-order chi connectivity index (χ0) is 20.1. The van der Waals surface area contributed by atoms with E-state index < -0.39 is 22.8 Å². The molecular weight excluding hydrogens is 388 g/mol. The van der Waals surface area contributed by atoms with Gasteiger partial charge in [-0.05, 0) is 36.8 Å². The second-order valence-electron chi connectivity index (χ2n) is 5.86. The molecule has 0 spiro atoms. The van der Waals surface area contributed by atoms with Crippen molar-refractivity contribution in [2.24, 2.45) is 0 Å². The Balaban J connectivity index is 1.58. The number of ether oxygens (including phenoxy) is 1. The van der Waals surface area contributed by atoms with Crippen molar-refractivity contribution in [1.82, 2.24) is 10.2 Å². The zero-order valence-corrected chi connectivity index (χ0v) is 15.9. The molecule has 3 rings (SSSR count). The molecule has 1 N–H and O–H groups in total. The van der Waals surface area contributed by atoms with Gasteiger partial charge in [0, 0.05) is 6.07 Å². The number of hydrogen-bond donors (Lipinski definition) is 1. The summed E-state index contributed by atoms with van der Waals surface area (Å²) in [5.41, 5.74) is 0.747. The van der Waals surface area contributed by atoms with Gasteiger partial charge in [0.1, 0.15) is 17.4 Å². The van der Waals surface area contributed by atoms with Crippen LogP contribution in [0.3, 0.4) is 0 Å². The van der Waals surface area contributed by atoms with Gasteiger partial charge in [-0.15, -0.1) is 10.2 Å². The summed E-state index contributed by atoms with van der Waals surface area (Å²) in [6.07, 6.45) is 0.437. The molecule has 2 aromatic carbocycles. The molecule has 1 atom stereocenters. The van der Waals surface area contributed by atoms with E-state index in [0.717, 1.165) is 41.3 Å². The van der Waals surface area contributed by atoms with Gasteiger partial charge in [-0.25, -0.2) is 8.78 Å². The first-order valence-corrected chi connectivity index (χ1v) is 9.20. The van der Waals surface area contributed by atoms with Crippen molar-refractivity contribution in [3.05, 3.63) is 65.6 Å². The summed E-state index contributed by atoms with van der Waals surface area (Å²) in [6, 6.07) is 10.3. The molecule has 0 bridgehead atoms. The Labute approximate surface area is 164 Å². The molecule has 9 heteroatoms. The average molecular weight is 405 g/mol. The van der Waals surface area contributed by atoms with Crippen LogP contribution in [0.2, 0.25) is 0 Å². The van der Waals surface area contributed by atoms with E-state index in [1.807, 2.05) is 24.3 Å². The van der Waals surface area contributed by atoms with Crippen LogP contribution in [0.25, 0.3) is 0 Å². The Kier molecular flexibility index (Phi) is 6.25. The molecule has 1 heterocycles. The van der Waals surface area contributed by atoms with Crippen LogP contribution in [0.1, 0.15) is 18.4 Å². The van der Waals surface area contributed by atoms with Crippen LogP contribution in [0, 0.1) is 11.6 Å². The van der Waals surface area contributed by atoms with Gasteiger partial charge in [0.2, 0.25) is 11.8 Å². The lowest BCUT2D eigenvalue weighted by atomic mass is 10.1. The number of anilines is 1. The van der Waals surface area contributed by atoms with E-state index in [1.165, 1.54) is 0 Å². The largest absolute Gasteiger partial charge is 0.497 e. The average Bonchev–Trinajstić information content (AvgIpc) is 3.12. The highest BCUT2D eigenvalue weighted by Crippen LogP contribution is 2.25. The predicted octanol–water partition coefficient (Wildman–Crippen LogP) is 4.07. The van der Waals surface area contributed by atoms with Crippen molar-refractivity contribution < 1.29 is 22.7 Å². The van der Waals surface area contributed by atoms with Crippen LogP contribution in [-0.2, 0) is 11.2 Å². The van der Waals surface area contributed by atoms with Gasteiger partial charge >= 0.3 is 0 Å². The molecule has 3 aromatic rings. The van der Waals surface area contributed by atoms with Gasteiger partial charge in [-0.2, -0.15) is 0 Å². The fourth-order valence-corrected chi connectivity index (χ4v) is 3.01. The maximum atomic E-state index is 13.6. The van der Waals surface area contributed by atoms with E-state index in [2.05, 4.69) is 15.5 Å². The van der Waals surface area contributed by atoms with Crippen LogP contribution in [0.4, 0.5) is 14.5 Å². The zero-order valence-electron chi connectivity index (χ0n) is 15.1. The molecule has 0 aliphatic heterocycles. The Bertz CT molecular complexity index is 963. The third kappa shape index (κ3) is 5.07. The maximum absolute atomic E-state index is 13.6. The topological polar surface area (TPSA) is 77.2 Å². The molecule has 0 unspecified atom stereocenters. The quantitative estimate of drug-likeness (QED) is 0.597. The van der Waals surface area contributed by atoms with Crippen LogP contribution >= 0.6 is 11.8 Å². The number of carbonyl (C=O) groups excluding carboxylic acids is 1. The third-order valence-corrected chi connectivity index (χ3v) is 4.73. The van der Waals surface area contributed by atoms with Gasteiger partial charge in [0.05, 0.1) is 24.5 Å². The minimum atomic E-state index is -0.716. The summed E-state index contributed by atoms with van der Waals surface area (Å²) in [4.78, 5) is 12.2. The van der Waals surface area contributed by atoms with Gasteiger partial charge < -0.3 is 14.5 Å². The van der Waals surface area contributed by atoms with E-state index in [0.29, 0.717) is 12.3 Å². The highest BCUT2D eigenvalue weighted by Gasteiger charge is 2.20. The summed E-state index contributed by atoms with van der Waals surface area (Å²) in [6.45, 7) is 1.60. The normalized spacial score (nSPS) is 11.9. The second kappa shape index (κ2) is 8.83. The Morgan fingerprint density at radius 1 is 1.21 bits per heavy atom. The summed E-state index contributed by atoms with van der Waals surface area (Å²) in [7, 11) is 1.59. The van der Waals surface area contributed by atoms with Crippen molar-refractivity contribution in [3.8, 4) is 5.75 Å². The summed E-state index contributed by atoms with van der Waals surface area (Å²) in [5, 5.41) is 9.79. The molecule has 1 amide bonds.